The van der Waals surface area contributed by atoms with Gasteiger partial charge in [-0.15, -0.1) is 24.0 Å². The molecular formula is C16H23ClF3IN4. The van der Waals surface area contributed by atoms with Gasteiger partial charge in [0.2, 0.25) is 0 Å². The molecule has 1 aromatic carbocycles. The van der Waals surface area contributed by atoms with Crippen molar-refractivity contribution >= 4 is 41.5 Å². The Hall–Kier alpha value is -0.740. The highest BCUT2D eigenvalue weighted by Gasteiger charge is 2.34. The van der Waals surface area contributed by atoms with Gasteiger partial charge in [-0.25, -0.2) is 0 Å². The summed E-state index contributed by atoms with van der Waals surface area (Å²) < 4.78 is 37.2. The number of likely N-dealkylation sites (tertiary alicyclic amines) is 1. The van der Waals surface area contributed by atoms with E-state index in [9.17, 15) is 13.2 Å². The van der Waals surface area contributed by atoms with Crippen LogP contribution in [0, 0.1) is 0 Å². The van der Waals surface area contributed by atoms with E-state index in [1.165, 1.54) is 4.90 Å². The van der Waals surface area contributed by atoms with Crippen LogP contribution in [-0.4, -0.2) is 56.3 Å². The van der Waals surface area contributed by atoms with Gasteiger partial charge in [-0.2, -0.15) is 13.2 Å². The molecule has 0 saturated carbocycles. The molecule has 25 heavy (non-hydrogen) atoms. The number of benzene rings is 1. The van der Waals surface area contributed by atoms with Crippen molar-refractivity contribution in [1.29, 1.82) is 0 Å². The molecule has 1 aliphatic rings. The zero-order valence-electron chi connectivity index (χ0n) is 13.9. The molecule has 0 aromatic heterocycles. The Morgan fingerprint density at radius 3 is 2.72 bits per heavy atom. The number of nitrogens with one attached hydrogen (secondary N) is 2. The Morgan fingerprint density at radius 1 is 1.36 bits per heavy atom. The molecule has 4 nitrogen and oxygen atoms in total. The van der Waals surface area contributed by atoms with Crippen molar-refractivity contribution in [2.75, 3.05) is 33.2 Å². The highest BCUT2D eigenvalue weighted by molar-refractivity contribution is 14.0. The fourth-order valence-corrected chi connectivity index (χ4v) is 2.98. The lowest BCUT2D eigenvalue weighted by atomic mass is 10.1. The second-order valence-corrected chi connectivity index (χ2v) is 6.23. The predicted octanol–water partition coefficient (Wildman–Crippen LogP) is 3.30. The number of nitrogens with zero attached hydrogens (tertiary/aromatic N) is 2. The molecule has 2 N–H and O–H groups in total. The van der Waals surface area contributed by atoms with Crippen molar-refractivity contribution in [2.24, 2.45) is 4.99 Å². The van der Waals surface area contributed by atoms with Crippen LogP contribution in [0.4, 0.5) is 13.2 Å². The Bertz CT molecular complexity index is 569. The fraction of sp³-hybridized carbons (Fsp3) is 0.562. The predicted molar refractivity (Wildman–Crippen MR) is 106 cm³/mol. The van der Waals surface area contributed by atoms with Crippen molar-refractivity contribution < 1.29 is 13.2 Å². The van der Waals surface area contributed by atoms with E-state index in [0.29, 0.717) is 32.0 Å². The molecule has 1 unspecified atom stereocenters. The van der Waals surface area contributed by atoms with E-state index < -0.39 is 12.7 Å². The van der Waals surface area contributed by atoms with Gasteiger partial charge < -0.3 is 10.6 Å². The summed E-state index contributed by atoms with van der Waals surface area (Å²) in [6, 6.07) is 7.59. The first-order chi connectivity index (χ1) is 11.4. The second-order valence-electron chi connectivity index (χ2n) is 5.82. The van der Waals surface area contributed by atoms with Crippen molar-refractivity contribution in [2.45, 2.75) is 25.1 Å². The summed E-state index contributed by atoms with van der Waals surface area (Å²) in [5.41, 5.74) is 1.04. The molecule has 1 aromatic rings. The maximum atomic E-state index is 12.4. The number of halogens is 5. The molecule has 0 spiro atoms. The first-order valence-electron chi connectivity index (χ1n) is 7.87. The smallest absolute Gasteiger partial charge is 0.356 e. The van der Waals surface area contributed by atoms with Gasteiger partial charge in [-0.1, -0.05) is 29.8 Å². The summed E-state index contributed by atoms with van der Waals surface area (Å²) in [6.07, 6.45) is -2.74. The number of hydrogen-bond acceptors (Lipinski definition) is 2. The minimum absolute atomic E-state index is 0. The molecule has 0 amide bonds. The molecule has 1 atom stereocenters. The molecule has 1 aliphatic heterocycles. The quantitative estimate of drug-likeness (QED) is 0.378. The highest BCUT2D eigenvalue weighted by Crippen LogP contribution is 2.20. The molecule has 0 radical (unpaired) electrons. The zero-order valence-corrected chi connectivity index (χ0v) is 17.0. The van der Waals surface area contributed by atoms with E-state index >= 15 is 0 Å². The molecule has 9 heteroatoms. The Kier molecular flexibility index (Phi) is 9.29. The molecule has 0 aliphatic carbocycles. The molecular weight excluding hydrogens is 468 g/mol. The number of guanidine groups is 1. The lowest BCUT2D eigenvalue weighted by Gasteiger charge is -2.19. The normalized spacial score (nSPS) is 18.8. The third-order valence-electron chi connectivity index (χ3n) is 3.88. The topological polar surface area (TPSA) is 39.7 Å². The first kappa shape index (κ1) is 22.3. The van der Waals surface area contributed by atoms with Crippen molar-refractivity contribution in [3.63, 3.8) is 0 Å². The summed E-state index contributed by atoms with van der Waals surface area (Å²) in [5.74, 6) is 0.598. The van der Waals surface area contributed by atoms with Gasteiger partial charge in [0, 0.05) is 37.7 Å². The zero-order chi connectivity index (χ0) is 17.6. The molecule has 1 heterocycles. The van der Waals surface area contributed by atoms with E-state index in [1.54, 1.807) is 7.05 Å². The molecule has 0 bridgehead atoms. The van der Waals surface area contributed by atoms with Crippen molar-refractivity contribution in [1.82, 2.24) is 15.5 Å². The average molecular weight is 491 g/mol. The summed E-state index contributed by atoms with van der Waals surface area (Å²) >= 11 is 6.11. The fourth-order valence-electron chi connectivity index (χ4n) is 2.75. The van der Waals surface area contributed by atoms with Crippen LogP contribution in [-0.2, 0) is 6.42 Å². The van der Waals surface area contributed by atoms with Crippen LogP contribution in [0.2, 0.25) is 5.02 Å². The minimum atomic E-state index is -4.15. The number of rotatable bonds is 5. The Balaban J connectivity index is 0.00000312. The highest BCUT2D eigenvalue weighted by atomic mass is 127. The Labute approximate surface area is 168 Å². The van der Waals surface area contributed by atoms with Gasteiger partial charge in [0.05, 0.1) is 6.54 Å². The van der Waals surface area contributed by atoms with Crippen LogP contribution < -0.4 is 10.6 Å². The van der Waals surface area contributed by atoms with Gasteiger partial charge >= 0.3 is 6.18 Å². The van der Waals surface area contributed by atoms with Crippen LogP contribution in [0.15, 0.2) is 29.3 Å². The molecule has 1 saturated heterocycles. The van der Waals surface area contributed by atoms with Crippen LogP contribution in [0.3, 0.4) is 0 Å². The van der Waals surface area contributed by atoms with Gasteiger partial charge in [0.15, 0.2) is 5.96 Å². The number of hydrogen-bond donors (Lipinski definition) is 2. The monoisotopic (exact) mass is 490 g/mol. The van der Waals surface area contributed by atoms with Gasteiger partial charge in [-0.3, -0.25) is 9.89 Å². The van der Waals surface area contributed by atoms with E-state index in [1.807, 2.05) is 24.3 Å². The maximum absolute atomic E-state index is 12.4. The summed E-state index contributed by atoms with van der Waals surface area (Å²) in [5, 5.41) is 7.08. The SMILES string of the molecule is CN=C(NCCc1ccccc1Cl)NC1CCN(CC(F)(F)F)C1.I. The molecule has 1 fully saturated rings. The van der Waals surface area contributed by atoms with E-state index in [2.05, 4.69) is 15.6 Å². The average Bonchev–Trinajstić information content (AvgIpc) is 2.93. The number of alkyl halides is 3. The maximum Gasteiger partial charge on any atom is 0.401 e. The number of aliphatic imine (C=N–C) groups is 1. The summed E-state index contributed by atoms with van der Waals surface area (Å²) in [6.45, 7) is 0.588. The van der Waals surface area contributed by atoms with Crippen LogP contribution in [0.25, 0.3) is 0 Å². The molecule has 142 valence electrons. The summed E-state index contributed by atoms with van der Waals surface area (Å²) in [4.78, 5) is 5.54. The van der Waals surface area contributed by atoms with E-state index in [4.69, 9.17) is 11.6 Å². The lowest BCUT2D eigenvalue weighted by molar-refractivity contribution is -0.143. The van der Waals surface area contributed by atoms with Crippen LogP contribution in [0.5, 0.6) is 0 Å². The Morgan fingerprint density at radius 2 is 2.08 bits per heavy atom. The minimum Gasteiger partial charge on any atom is -0.356 e. The van der Waals surface area contributed by atoms with Gasteiger partial charge in [0.1, 0.15) is 0 Å². The van der Waals surface area contributed by atoms with Gasteiger partial charge in [-0.05, 0) is 24.5 Å². The second kappa shape index (κ2) is 10.4. The van der Waals surface area contributed by atoms with Crippen molar-refractivity contribution in [3.05, 3.63) is 34.9 Å². The molecule has 2 rings (SSSR count). The third-order valence-corrected chi connectivity index (χ3v) is 4.25. The van der Waals surface area contributed by atoms with Crippen molar-refractivity contribution in [3.8, 4) is 0 Å². The van der Waals surface area contributed by atoms with E-state index in [-0.39, 0.29) is 30.0 Å². The lowest BCUT2D eigenvalue weighted by Crippen LogP contribution is -2.45. The largest absolute Gasteiger partial charge is 0.401 e. The van der Waals surface area contributed by atoms with Crippen LogP contribution in [0.1, 0.15) is 12.0 Å². The van der Waals surface area contributed by atoms with Gasteiger partial charge in [0.25, 0.3) is 0 Å². The third kappa shape index (κ3) is 8.00. The van der Waals surface area contributed by atoms with E-state index in [0.717, 1.165) is 17.0 Å². The van der Waals surface area contributed by atoms with Crippen LogP contribution >= 0.6 is 35.6 Å². The standard InChI is InChI=1S/C16H22ClF3N4.HI/c1-21-15(22-8-6-12-4-2-3-5-14(12)17)23-13-7-9-24(10-13)11-16(18,19)20;/h2-5,13H,6-11H2,1H3,(H2,21,22,23);1H. The first-order valence-corrected chi connectivity index (χ1v) is 8.25. The summed E-state index contributed by atoms with van der Waals surface area (Å²) in [7, 11) is 1.65.